The van der Waals surface area contributed by atoms with Gasteiger partial charge in [-0.05, 0) is 47.7 Å². The van der Waals surface area contributed by atoms with E-state index in [0.29, 0.717) is 21.0 Å². The lowest BCUT2D eigenvalue weighted by molar-refractivity contribution is 0.108. The number of carbonyl (C=O) groups is 1. The van der Waals surface area contributed by atoms with Crippen molar-refractivity contribution in [3.8, 4) is 0 Å². The van der Waals surface area contributed by atoms with Gasteiger partial charge in [0.25, 0.3) is 0 Å². The van der Waals surface area contributed by atoms with E-state index in [1.807, 2.05) is 24.3 Å². The first-order chi connectivity index (χ1) is 12.5. The topological polar surface area (TPSA) is 42.9 Å². The molecule has 0 saturated heterocycles. The maximum absolute atomic E-state index is 12.5. The molecular formula is C18H11Cl3N2OS2. The molecule has 0 aliphatic rings. The number of carbonyl (C=O) groups excluding carboxylic acids is 1. The highest BCUT2D eigenvalue weighted by atomic mass is 35.5. The molecule has 0 N–H and O–H groups in total. The van der Waals surface area contributed by atoms with Crippen LogP contribution >= 0.6 is 58.3 Å². The maximum atomic E-state index is 12.5. The van der Waals surface area contributed by atoms with Crippen LogP contribution in [-0.4, -0.2) is 15.1 Å². The lowest BCUT2D eigenvalue weighted by Gasteiger charge is -2.06. The van der Waals surface area contributed by atoms with Gasteiger partial charge < -0.3 is 0 Å². The van der Waals surface area contributed by atoms with Gasteiger partial charge in [-0.3, -0.25) is 4.79 Å². The Morgan fingerprint density at radius 1 is 0.962 bits per heavy atom. The van der Waals surface area contributed by atoms with E-state index in [0.717, 1.165) is 22.2 Å². The molecule has 3 nitrogen and oxygen atoms in total. The summed E-state index contributed by atoms with van der Waals surface area (Å²) in [5.74, 6) is 0.596. The zero-order valence-electron chi connectivity index (χ0n) is 13.2. The minimum absolute atomic E-state index is 0.184. The Morgan fingerprint density at radius 2 is 1.69 bits per heavy atom. The number of halogens is 3. The predicted octanol–water partition coefficient (Wildman–Crippen LogP) is 6.66. The van der Waals surface area contributed by atoms with Crippen LogP contribution in [0.15, 0.2) is 64.8 Å². The van der Waals surface area contributed by atoms with Crippen LogP contribution in [0.25, 0.3) is 0 Å². The zero-order chi connectivity index (χ0) is 18.5. The van der Waals surface area contributed by atoms with Crippen molar-refractivity contribution in [3.63, 3.8) is 0 Å². The lowest BCUT2D eigenvalue weighted by Crippen LogP contribution is -2.02. The fourth-order valence-corrected chi connectivity index (χ4v) is 4.18. The number of hydrogen-bond donors (Lipinski definition) is 0. The SMILES string of the molecule is O=C(Sc1ccc(Cl)cc1)c1nc(SCc2ccccc2Cl)ncc1Cl. The molecule has 0 radical (unpaired) electrons. The van der Waals surface area contributed by atoms with Crippen molar-refractivity contribution in [3.05, 3.63) is 81.1 Å². The van der Waals surface area contributed by atoms with Gasteiger partial charge in [-0.1, -0.05) is 64.8 Å². The summed E-state index contributed by atoms with van der Waals surface area (Å²) in [6.45, 7) is 0. The van der Waals surface area contributed by atoms with Crippen molar-refractivity contribution >= 4 is 63.4 Å². The second-order valence-electron chi connectivity index (χ2n) is 5.07. The lowest BCUT2D eigenvalue weighted by atomic mass is 10.2. The van der Waals surface area contributed by atoms with Gasteiger partial charge in [0.1, 0.15) is 5.69 Å². The standard InChI is InChI=1S/C18H11Cl3N2OS2/c19-12-5-7-13(8-6-12)26-17(24)16-15(21)9-22-18(23-16)25-10-11-3-1-2-4-14(11)20/h1-9H,10H2. The largest absolute Gasteiger partial charge is 0.279 e. The monoisotopic (exact) mass is 440 g/mol. The van der Waals surface area contributed by atoms with Crippen LogP contribution in [-0.2, 0) is 5.75 Å². The van der Waals surface area contributed by atoms with Crippen LogP contribution in [0, 0.1) is 0 Å². The molecule has 1 heterocycles. The van der Waals surface area contributed by atoms with Crippen molar-refractivity contribution in [1.82, 2.24) is 9.97 Å². The third-order valence-corrected chi connectivity index (χ3v) is 5.95. The summed E-state index contributed by atoms with van der Waals surface area (Å²) in [6.07, 6.45) is 1.44. The number of thioether (sulfide) groups is 2. The van der Waals surface area contributed by atoms with Crippen LogP contribution in [0.1, 0.15) is 16.1 Å². The van der Waals surface area contributed by atoms with Crippen LogP contribution in [0.3, 0.4) is 0 Å². The second-order valence-corrected chi connectivity index (χ2v) is 8.31. The van der Waals surface area contributed by atoms with E-state index in [1.165, 1.54) is 18.0 Å². The van der Waals surface area contributed by atoms with Crippen LogP contribution in [0.5, 0.6) is 0 Å². The summed E-state index contributed by atoms with van der Waals surface area (Å²) in [6, 6.07) is 14.6. The smallest absolute Gasteiger partial charge is 0.244 e. The summed E-state index contributed by atoms with van der Waals surface area (Å²) in [5, 5.41) is 1.73. The van der Waals surface area contributed by atoms with Crippen molar-refractivity contribution < 1.29 is 4.79 Å². The molecule has 1 aromatic heterocycles. The Balaban J connectivity index is 1.73. The van der Waals surface area contributed by atoms with Gasteiger partial charge in [-0.25, -0.2) is 9.97 Å². The zero-order valence-corrected chi connectivity index (χ0v) is 17.1. The Bertz CT molecular complexity index is 936. The van der Waals surface area contributed by atoms with Crippen LogP contribution in [0.4, 0.5) is 0 Å². The molecule has 8 heteroatoms. The molecule has 26 heavy (non-hydrogen) atoms. The molecule has 0 saturated carbocycles. The Kier molecular flexibility index (Phi) is 6.84. The first kappa shape index (κ1) is 19.5. The highest BCUT2D eigenvalue weighted by Gasteiger charge is 2.16. The van der Waals surface area contributed by atoms with Crippen molar-refractivity contribution in [2.75, 3.05) is 0 Å². The third kappa shape index (κ3) is 5.15. The van der Waals surface area contributed by atoms with E-state index in [2.05, 4.69) is 9.97 Å². The van der Waals surface area contributed by atoms with Gasteiger partial charge in [0.15, 0.2) is 5.16 Å². The fraction of sp³-hybridized carbons (Fsp3) is 0.0556. The summed E-state index contributed by atoms with van der Waals surface area (Å²) in [5.41, 5.74) is 1.16. The molecule has 0 amide bonds. The third-order valence-electron chi connectivity index (χ3n) is 3.25. The summed E-state index contributed by atoms with van der Waals surface area (Å²) >= 11 is 20.6. The molecule has 2 aromatic carbocycles. The predicted molar refractivity (Wildman–Crippen MR) is 110 cm³/mol. The maximum Gasteiger partial charge on any atom is 0.244 e. The van der Waals surface area contributed by atoms with Crippen molar-refractivity contribution in [1.29, 1.82) is 0 Å². The van der Waals surface area contributed by atoms with E-state index < -0.39 is 0 Å². The van der Waals surface area contributed by atoms with E-state index >= 15 is 0 Å². The highest BCUT2D eigenvalue weighted by molar-refractivity contribution is 8.14. The van der Waals surface area contributed by atoms with E-state index in [9.17, 15) is 4.79 Å². The highest BCUT2D eigenvalue weighted by Crippen LogP contribution is 2.29. The molecule has 3 aromatic rings. The quantitative estimate of drug-likeness (QED) is 0.327. The average molecular weight is 442 g/mol. The van der Waals surface area contributed by atoms with Gasteiger partial charge in [-0.2, -0.15) is 0 Å². The molecule has 0 unspecified atom stereocenters. The molecule has 0 fully saturated rings. The first-order valence-electron chi connectivity index (χ1n) is 7.39. The van der Waals surface area contributed by atoms with Gasteiger partial charge in [0, 0.05) is 20.7 Å². The summed E-state index contributed by atoms with van der Waals surface area (Å²) in [4.78, 5) is 21.8. The number of rotatable bonds is 5. The number of aromatic nitrogens is 2. The molecule has 132 valence electrons. The molecule has 0 spiro atoms. The van der Waals surface area contributed by atoms with E-state index in [-0.39, 0.29) is 15.8 Å². The second kappa shape index (κ2) is 9.11. The number of nitrogens with zero attached hydrogens (tertiary/aromatic N) is 2. The summed E-state index contributed by atoms with van der Waals surface area (Å²) in [7, 11) is 0. The molecule has 3 rings (SSSR count). The van der Waals surface area contributed by atoms with Crippen molar-refractivity contribution in [2.45, 2.75) is 15.8 Å². The minimum Gasteiger partial charge on any atom is -0.279 e. The van der Waals surface area contributed by atoms with Crippen LogP contribution in [0.2, 0.25) is 15.1 Å². The normalized spacial score (nSPS) is 10.7. The Labute approximate surface area is 174 Å². The first-order valence-corrected chi connectivity index (χ1v) is 10.3. The Hall–Kier alpha value is -1.24. The number of hydrogen-bond acceptors (Lipinski definition) is 5. The summed E-state index contributed by atoms with van der Waals surface area (Å²) < 4.78 is 0. The average Bonchev–Trinajstić information content (AvgIpc) is 2.64. The van der Waals surface area contributed by atoms with Gasteiger partial charge in [-0.15, -0.1) is 0 Å². The van der Waals surface area contributed by atoms with Gasteiger partial charge in [0.2, 0.25) is 5.12 Å². The van der Waals surface area contributed by atoms with E-state index in [4.69, 9.17) is 34.8 Å². The van der Waals surface area contributed by atoms with Gasteiger partial charge >= 0.3 is 0 Å². The number of benzene rings is 2. The molecular weight excluding hydrogens is 431 g/mol. The van der Waals surface area contributed by atoms with E-state index in [1.54, 1.807) is 24.3 Å². The Morgan fingerprint density at radius 3 is 2.42 bits per heavy atom. The minimum atomic E-state index is -0.251. The molecule has 0 atom stereocenters. The molecule has 0 aliphatic heterocycles. The fourth-order valence-electron chi connectivity index (χ4n) is 1.98. The molecule has 0 bridgehead atoms. The van der Waals surface area contributed by atoms with Crippen molar-refractivity contribution in [2.24, 2.45) is 0 Å². The molecule has 0 aliphatic carbocycles. The van der Waals surface area contributed by atoms with Crippen LogP contribution < -0.4 is 0 Å². The van der Waals surface area contributed by atoms with Gasteiger partial charge in [0.05, 0.1) is 11.2 Å².